The molecule has 0 bridgehead atoms. The highest BCUT2D eigenvalue weighted by Gasteiger charge is 2.31. The highest BCUT2D eigenvalue weighted by Crippen LogP contribution is 2.34. The van der Waals surface area contributed by atoms with Gasteiger partial charge < -0.3 is 14.6 Å². The number of ether oxygens (including phenoxy) is 2. The molecule has 0 saturated heterocycles. The lowest BCUT2D eigenvalue weighted by Gasteiger charge is -2.19. The van der Waals surface area contributed by atoms with Gasteiger partial charge in [-0.1, -0.05) is 18.1 Å². The van der Waals surface area contributed by atoms with E-state index in [-0.39, 0.29) is 34.1 Å². The number of carbonyl (C=O) groups is 1. The molecule has 8 nitrogen and oxygen atoms in total. The standard InChI is InChI=1S/C22H15F3N2O6S/c1-32-19-13-15(21(28)29)9-11-18(19)27(34(30)31)20-7-3-5-16(26-20)10-8-14-4-2-6-17(12-14)33-22(23,24)25/h2-7,9,11-13,34H,1H3,(H,28,29). The Balaban J connectivity index is 1.96. The average Bonchev–Trinajstić information content (AvgIpc) is 2.77. The van der Waals surface area contributed by atoms with E-state index in [1.165, 1.54) is 55.6 Å². The van der Waals surface area contributed by atoms with Crippen molar-refractivity contribution >= 4 is 28.4 Å². The van der Waals surface area contributed by atoms with Crippen molar-refractivity contribution in [3.05, 3.63) is 77.5 Å². The van der Waals surface area contributed by atoms with Crippen molar-refractivity contribution in [3.8, 4) is 23.3 Å². The zero-order chi connectivity index (χ0) is 24.9. The average molecular weight is 492 g/mol. The molecule has 0 aliphatic carbocycles. The second kappa shape index (κ2) is 10.1. The monoisotopic (exact) mass is 492 g/mol. The topological polar surface area (TPSA) is 106 Å². The number of rotatable bonds is 6. The van der Waals surface area contributed by atoms with Crippen molar-refractivity contribution in [2.45, 2.75) is 6.36 Å². The Morgan fingerprint density at radius 2 is 1.79 bits per heavy atom. The number of carboxylic acid groups (broad SMARTS) is 1. The summed E-state index contributed by atoms with van der Waals surface area (Å²) in [7, 11) is -2.02. The smallest absolute Gasteiger partial charge is 0.495 e. The van der Waals surface area contributed by atoms with Crippen molar-refractivity contribution in [2.75, 3.05) is 11.4 Å². The number of alkyl halides is 3. The third kappa shape index (κ3) is 6.17. The zero-order valence-corrected chi connectivity index (χ0v) is 18.1. The number of methoxy groups -OCH3 is 1. The minimum atomic E-state index is -4.84. The predicted octanol–water partition coefficient (Wildman–Crippen LogP) is 3.75. The summed E-state index contributed by atoms with van der Waals surface area (Å²) in [5.74, 6) is 3.58. The molecule has 12 heteroatoms. The van der Waals surface area contributed by atoms with E-state index < -0.39 is 29.0 Å². The Morgan fingerprint density at radius 1 is 1.06 bits per heavy atom. The Morgan fingerprint density at radius 3 is 2.44 bits per heavy atom. The van der Waals surface area contributed by atoms with E-state index in [1.807, 2.05) is 0 Å². The molecular formula is C22H15F3N2O6S. The highest BCUT2D eigenvalue weighted by molar-refractivity contribution is 7.74. The largest absolute Gasteiger partial charge is 0.573 e. The minimum absolute atomic E-state index is 0.0149. The summed E-state index contributed by atoms with van der Waals surface area (Å²) < 4.78 is 71.1. The number of benzene rings is 2. The van der Waals surface area contributed by atoms with Gasteiger partial charge in [-0.3, -0.25) is 0 Å². The van der Waals surface area contributed by atoms with Gasteiger partial charge >= 0.3 is 12.3 Å². The molecule has 0 fully saturated rings. The Kier molecular flexibility index (Phi) is 7.28. The summed E-state index contributed by atoms with van der Waals surface area (Å²) >= 11 is 0. The molecule has 0 amide bonds. The van der Waals surface area contributed by atoms with Gasteiger partial charge in [0.25, 0.3) is 0 Å². The van der Waals surface area contributed by atoms with Crippen LogP contribution in [-0.2, 0) is 10.9 Å². The molecule has 1 N–H and O–H groups in total. The summed E-state index contributed by atoms with van der Waals surface area (Å²) in [6.45, 7) is 0. The number of aromatic nitrogens is 1. The van der Waals surface area contributed by atoms with Crippen molar-refractivity contribution in [1.82, 2.24) is 4.98 Å². The van der Waals surface area contributed by atoms with Crippen molar-refractivity contribution in [1.29, 1.82) is 0 Å². The van der Waals surface area contributed by atoms with Gasteiger partial charge in [0.1, 0.15) is 28.7 Å². The highest BCUT2D eigenvalue weighted by atomic mass is 32.2. The lowest BCUT2D eigenvalue weighted by atomic mass is 10.2. The first kappa shape index (κ1) is 24.4. The Labute approximate surface area is 193 Å². The molecular weight excluding hydrogens is 477 g/mol. The van der Waals surface area contributed by atoms with Crippen LogP contribution in [0.3, 0.4) is 0 Å². The fourth-order valence-electron chi connectivity index (χ4n) is 2.80. The molecule has 0 unspecified atom stereocenters. The van der Waals surface area contributed by atoms with Gasteiger partial charge in [-0.05, 0) is 54.5 Å². The van der Waals surface area contributed by atoms with Crippen molar-refractivity contribution < 1.29 is 41.0 Å². The van der Waals surface area contributed by atoms with Crippen LogP contribution in [-0.4, -0.2) is 37.9 Å². The number of carboxylic acids is 1. The maximum absolute atomic E-state index is 12.4. The molecule has 1 aromatic heterocycles. The molecule has 0 aliphatic heterocycles. The fourth-order valence-corrected chi connectivity index (χ4v) is 3.42. The summed E-state index contributed by atoms with van der Waals surface area (Å²) in [4.78, 5) is 15.4. The van der Waals surface area contributed by atoms with E-state index in [2.05, 4.69) is 21.6 Å². The van der Waals surface area contributed by atoms with Crippen LogP contribution in [0.2, 0.25) is 0 Å². The van der Waals surface area contributed by atoms with Gasteiger partial charge in [0.2, 0.25) is 10.9 Å². The van der Waals surface area contributed by atoms with Crippen LogP contribution < -0.4 is 13.8 Å². The third-order valence-corrected chi connectivity index (χ3v) is 4.92. The molecule has 0 saturated carbocycles. The van der Waals surface area contributed by atoms with Gasteiger partial charge in [0.15, 0.2) is 0 Å². The van der Waals surface area contributed by atoms with Gasteiger partial charge in [-0.2, -0.15) is 0 Å². The van der Waals surface area contributed by atoms with Gasteiger partial charge in [0, 0.05) is 5.56 Å². The fraction of sp³-hybridized carbons (Fsp3) is 0.0909. The SMILES string of the molecule is COc1cc(C(=O)O)ccc1N(c1cccc(C#Cc2cccc(OC(F)(F)F)c2)n1)[SH](=O)=O. The normalized spacial score (nSPS) is 10.9. The second-order valence-electron chi connectivity index (χ2n) is 6.45. The number of thiol groups is 1. The van der Waals surface area contributed by atoms with Crippen LogP contribution in [0.15, 0.2) is 60.7 Å². The number of halogens is 3. The molecule has 176 valence electrons. The second-order valence-corrected chi connectivity index (χ2v) is 7.32. The number of aromatic carboxylic acids is 1. The first-order valence-corrected chi connectivity index (χ1v) is 10.4. The number of nitrogens with zero attached hydrogens (tertiary/aromatic N) is 2. The maximum Gasteiger partial charge on any atom is 0.573 e. The zero-order valence-electron chi connectivity index (χ0n) is 17.2. The van der Waals surface area contributed by atoms with E-state index in [4.69, 9.17) is 9.84 Å². The van der Waals surface area contributed by atoms with Crippen LogP contribution in [0.25, 0.3) is 0 Å². The van der Waals surface area contributed by atoms with Crippen LogP contribution in [0, 0.1) is 11.8 Å². The van der Waals surface area contributed by atoms with Gasteiger partial charge in [-0.15, -0.1) is 13.2 Å². The Hall–Kier alpha value is -4.24. The third-order valence-electron chi connectivity index (χ3n) is 4.17. The molecule has 2 aromatic carbocycles. The van der Waals surface area contributed by atoms with Gasteiger partial charge in [-0.25, -0.2) is 22.5 Å². The van der Waals surface area contributed by atoms with Gasteiger partial charge in [0.05, 0.1) is 12.7 Å². The summed E-state index contributed by atoms with van der Waals surface area (Å²) in [6, 6.07) is 13.0. The minimum Gasteiger partial charge on any atom is -0.495 e. The molecule has 3 aromatic rings. The first-order valence-electron chi connectivity index (χ1n) is 9.28. The number of anilines is 2. The molecule has 1 heterocycles. The van der Waals surface area contributed by atoms with Crippen LogP contribution in [0.4, 0.5) is 24.7 Å². The number of hydrogen-bond donors (Lipinski definition) is 2. The number of pyridine rings is 1. The number of hydrogen-bond acceptors (Lipinski definition) is 6. The van der Waals surface area contributed by atoms with E-state index in [0.717, 1.165) is 16.4 Å². The van der Waals surface area contributed by atoms with Crippen LogP contribution in [0.1, 0.15) is 21.6 Å². The molecule has 0 radical (unpaired) electrons. The Bertz CT molecular complexity index is 1350. The summed E-state index contributed by atoms with van der Waals surface area (Å²) in [5, 5.41) is 9.14. The van der Waals surface area contributed by atoms with Crippen molar-refractivity contribution in [3.63, 3.8) is 0 Å². The quantitative estimate of drug-likeness (QED) is 0.399. The van der Waals surface area contributed by atoms with Crippen LogP contribution in [0.5, 0.6) is 11.5 Å². The molecule has 0 atom stereocenters. The summed E-state index contributed by atoms with van der Waals surface area (Å²) in [5.41, 5.74) is 0.262. The lowest BCUT2D eigenvalue weighted by Crippen LogP contribution is -2.17. The van der Waals surface area contributed by atoms with E-state index in [1.54, 1.807) is 0 Å². The summed E-state index contributed by atoms with van der Waals surface area (Å²) in [6.07, 6.45) is -4.84. The molecule has 3 rings (SSSR count). The molecule has 0 spiro atoms. The lowest BCUT2D eigenvalue weighted by molar-refractivity contribution is -0.274. The van der Waals surface area contributed by atoms with Crippen molar-refractivity contribution in [2.24, 2.45) is 0 Å². The first-order chi connectivity index (χ1) is 16.1. The van der Waals surface area contributed by atoms with E-state index in [9.17, 15) is 26.4 Å². The van der Waals surface area contributed by atoms with E-state index in [0.29, 0.717) is 0 Å². The van der Waals surface area contributed by atoms with E-state index >= 15 is 0 Å². The predicted molar refractivity (Wildman–Crippen MR) is 116 cm³/mol. The maximum atomic E-state index is 12.4. The van der Waals surface area contributed by atoms with Crippen LogP contribution >= 0.6 is 0 Å². The molecule has 34 heavy (non-hydrogen) atoms. The molecule has 0 aliphatic rings.